The van der Waals surface area contributed by atoms with E-state index in [1.165, 1.54) is 11.1 Å². The summed E-state index contributed by atoms with van der Waals surface area (Å²) in [5.41, 5.74) is 2.16. The number of allylic oxidation sites excluding steroid dienone is 6. The van der Waals surface area contributed by atoms with Crippen LogP contribution in [0.2, 0.25) is 0 Å². The summed E-state index contributed by atoms with van der Waals surface area (Å²) in [5, 5.41) is 30.1. The molecule has 3 nitrogen and oxygen atoms in total. The first kappa shape index (κ1) is 14.7. The van der Waals surface area contributed by atoms with E-state index in [9.17, 15) is 15.3 Å². The summed E-state index contributed by atoms with van der Waals surface area (Å²) in [5.74, 6) is -2.02. The molecule has 4 aliphatic rings. The standard InChI is InChI=1S/C19H26O3/c1-17-10-3-2-5-13(17)7-8-14-15(17)9-12-18(19(20,21)22)11-4-6-16(14)18/h3,7-8,10,15-16,20-22H,2,4-6,9,11-12H2,1H3/t15-,16-,17-,18+/m0/s1. The van der Waals surface area contributed by atoms with Gasteiger partial charge in [0.25, 0.3) is 5.97 Å². The quantitative estimate of drug-likeness (QED) is 0.515. The van der Waals surface area contributed by atoms with Gasteiger partial charge in [0.15, 0.2) is 0 Å². The Labute approximate surface area is 132 Å². The molecule has 0 bridgehead atoms. The van der Waals surface area contributed by atoms with Crippen LogP contribution < -0.4 is 0 Å². The maximum absolute atomic E-state index is 10.0. The third kappa shape index (κ3) is 1.73. The highest BCUT2D eigenvalue weighted by molar-refractivity contribution is 5.42. The van der Waals surface area contributed by atoms with E-state index in [2.05, 4.69) is 31.2 Å². The SMILES string of the molecule is C[C@]12C=CCCC1=CC=C1[C@@H]3CCC[C@@]3(C(O)(O)O)CC[C@@H]12. The Bertz CT molecular complexity index is 580. The van der Waals surface area contributed by atoms with Crippen molar-refractivity contribution in [1.82, 2.24) is 0 Å². The zero-order valence-corrected chi connectivity index (χ0v) is 13.3. The Morgan fingerprint density at radius 2 is 1.91 bits per heavy atom. The summed E-state index contributed by atoms with van der Waals surface area (Å²) in [6.45, 7) is 2.33. The maximum Gasteiger partial charge on any atom is 0.281 e. The van der Waals surface area contributed by atoms with Gasteiger partial charge in [0.05, 0.1) is 5.41 Å². The smallest absolute Gasteiger partial charge is 0.281 e. The topological polar surface area (TPSA) is 60.7 Å². The third-order valence-electron chi connectivity index (χ3n) is 7.07. The first-order valence-corrected chi connectivity index (χ1v) is 8.64. The molecule has 0 aromatic carbocycles. The van der Waals surface area contributed by atoms with Crippen LogP contribution in [0.1, 0.15) is 51.9 Å². The molecule has 0 amide bonds. The molecule has 2 fully saturated rings. The van der Waals surface area contributed by atoms with Crippen LogP contribution in [0.3, 0.4) is 0 Å². The van der Waals surface area contributed by atoms with Gasteiger partial charge in [-0.1, -0.05) is 48.8 Å². The molecule has 0 aliphatic heterocycles. The van der Waals surface area contributed by atoms with Gasteiger partial charge in [-0.2, -0.15) is 0 Å². The highest BCUT2D eigenvalue weighted by Crippen LogP contribution is 2.64. The lowest BCUT2D eigenvalue weighted by molar-refractivity contribution is -0.384. The van der Waals surface area contributed by atoms with Gasteiger partial charge in [0, 0.05) is 5.41 Å². The van der Waals surface area contributed by atoms with Crippen LogP contribution in [0, 0.1) is 22.7 Å². The van der Waals surface area contributed by atoms with E-state index in [0.29, 0.717) is 18.8 Å². The first-order valence-electron chi connectivity index (χ1n) is 8.64. The van der Waals surface area contributed by atoms with Crippen molar-refractivity contribution >= 4 is 0 Å². The van der Waals surface area contributed by atoms with Crippen molar-refractivity contribution in [2.24, 2.45) is 22.7 Å². The van der Waals surface area contributed by atoms with Crippen LogP contribution in [0.4, 0.5) is 0 Å². The Kier molecular flexibility index (Phi) is 3.04. The van der Waals surface area contributed by atoms with Crippen LogP contribution >= 0.6 is 0 Å². The molecule has 0 unspecified atom stereocenters. The molecule has 0 spiro atoms. The van der Waals surface area contributed by atoms with Crippen LogP contribution in [0.5, 0.6) is 0 Å². The summed E-state index contributed by atoms with van der Waals surface area (Å²) >= 11 is 0. The molecule has 4 aliphatic carbocycles. The molecule has 22 heavy (non-hydrogen) atoms. The van der Waals surface area contributed by atoms with E-state index >= 15 is 0 Å². The fraction of sp³-hybridized carbons (Fsp3) is 0.684. The minimum Gasteiger partial charge on any atom is -0.343 e. The molecule has 0 heterocycles. The fourth-order valence-corrected chi connectivity index (χ4v) is 5.86. The molecule has 4 atom stereocenters. The molecule has 120 valence electrons. The lowest BCUT2D eigenvalue weighted by atomic mass is 9.52. The van der Waals surface area contributed by atoms with Gasteiger partial charge in [0.1, 0.15) is 0 Å². The van der Waals surface area contributed by atoms with Crippen molar-refractivity contribution in [3.8, 4) is 0 Å². The largest absolute Gasteiger partial charge is 0.343 e. The zero-order valence-electron chi connectivity index (χ0n) is 13.3. The second-order valence-corrected chi connectivity index (χ2v) is 7.91. The number of fused-ring (bicyclic) bond motifs is 5. The fourth-order valence-electron chi connectivity index (χ4n) is 5.86. The number of aliphatic hydroxyl groups is 3. The Balaban J connectivity index is 1.79. The predicted molar refractivity (Wildman–Crippen MR) is 84.5 cm³/mol. The predicted octanol–water partition coefficient (Wildman–Crippen LogP) is 3.04. The average molecular weight is 302 g/mol. The van der Waals surface area contributed by atoms with Crippen molar-refractivity contribution in [2.75, 3.05) is 0 Å². The van der Waals surface area contributed by atoms with Crippen LogP contribution in [0.25, 0.3) is 0 Å². The van der Waals surface area contributed by atoms with Gasteiger partial charge in [-0.25, -0.2) is 0 Å². The van der Waals surface area contributed by atoms with Gasteiger partial charge < -0.3 is 15.3 Å². The normalized spacial score (nSPS) is 43.8. The maximum atomic E-state index is 10.0. The minimum absolute atomic E-state index is 0.0834. The summed E-state index contributed by atoms with van der Waals surface area (Å²) in [4.78, 5) is 0. The van der Waals surface area contributed by atoms with Crippen molar-refractivity contribution < 1.29 is 15.3 Å². The molecule has 0 aromatic rings. The second-order valence-electron chi connectivity index (χ2n) is 7.91. The first-order chi connectivity index (χ1) is 10.4. The molecule has 0 aromatic heterocycles. The third-order valence-corrected chi connectivity index (χ3v) is 7.07. The summed E-state index contributed by atoms with van der Waals surface area (Å²) < 4.78 is 0. The summed E-state index contributed by atoms with van der Waals surface area (Å²) in [6.07, 6.45) is 15.6. The Morgan fingerprint density at radius 1 is 1.09 bits per heavy atom. The summed E-state index contributed by atoms with van der Waals surface area (Å²) in [6, 6.07) is 0. The van der Waals surface area contributed by atoms with Gasteiger partial charge in [-0.05, 0) is 50.4 Å². The van der Waals surface area contributed by atoms with E-state index in [1.54, 1.807) is 0 Å². The van der Waals surface area contributed by atoms with Gasteiger partial charge in [0.2, 0.25) is 0 Å². The molecule has 0 radical (unpaired) electrons. The lowest BCUT2D eigenvalue weighted by Gasteiger charge is -2.54. The van der Waals surface area contributed by atoms with Crippen molar-refractivity contribution in [1.29, 1.82) is 0 Å². The molecule has 3 N–H and O–H groups in total. The highest BCUT2D eigenvalue weighted by atomic mass is 16.7. The molecular formula is C19H26O3. The van der Waals surface area contributed by atoms with Gasteiger partial charge in [-0.3, -0.25) is 0 Å². The summed E-state index contributed by atoms with van der Waals surface area (Å²) in [7, 11) is 0. The zero-order chi connectivity index (χ0) is 15.6. The Hall–Kier alpha value is -0.900. The van der Waals surface area contributed by atoms with Gasteiger partial charge in [-0.15, -0.1) is 0 Å². The lowest BCUT2D eigenvalue weighted by Crippen LogP contribution is -2.55. The number of hydrogen-bond donors (Lipinski definition) is 3. The molecule has 4 rings (SSSR count). The van der Waals surface area contributed by atoms with E-state index in [-0.39, 0.29) is 11.3 Å². The minimum atomic E-state index is -2.56. The van der Waals surface area contributed by atoms with Crippen molar-refractivity contribution in [3.63, 3.8) is 0 Å². The molecule has 0 saturated heterocycles. The van der Waals surface area contributed by atoms with E-state index in [0.717, 1.165) is 32.1 Å². The Morgan fingerprint density at radius 3 is 2.68 bits per heavy atom. The number of hydrogen-bond acceptors (Lipinski definition) is 3. The monoisotopic (exact) mass is 302 g/mol. The van der Waals surface area contributed by atoms with E-state index in [1.807, 2.05) is 0 Å². The van der Waals surface area contributed by atoms with E-state index < -0.39 is 11.4 Å². The van der Waals surface area contributed by atoms with Crippen LogP contribution in [-0.4, -0.2) is 21.3 Å². The molecular weight excluding hydrogens is 276 g/mol. The van der Waals surface area contributed by atoms with Crippen molar-refractivity contribution in [2.45, 2.75) is 57.8 Å². The average Bonchev–Trinajstić information content (AvgIpc) is 2.91. The van der Waals surface area contributed by atoms with Crippen LogP contribution in [-0.2, 0) is 0 Å². The van der Waals surface area contributed by atoms with Crippen LogP contribution in [0.15, 0.2) is 35.5 Å². The van der Waals surface area contributed by atoms with Gasteiger partial charge >= 0.3 is 0 Å². The molecule has 2 saturated carbocycles. The number of rotatable bonds is 1. The van der Waals surface area contributed by atoms with Crippen molar-refractivity contribution in [3.05, 3.63) is 35.5 Å². The highest BCUT2D eigenvalue weighted by Gasteiger charge is 2.61. The molecule has 3 heteroatoms. The van der Waals surface area contributed by atoms with E-state index in [4.69, 9.17) is 0 Å². The second kappa shape index (κ2) is 4.56.